The van der Waals surface area contributed by atoms with Gasteiger partial charge in [0.15, 0.2) is 10.8 Å². The Balaban J connectivity index is 2.22. The van der Waals surface area contributed by atoms with E-state index in [1.165, 1.54) is 0 Å². The first kappa shape index (κ1) is 15.3. The zero-order valence-electron chi connectivity index (χ0n) is 13.4. The molecule has 0 aromatic rings. The summed E-state index contributed by atoms with van der Waals surface area (Å²) in [5, 5.41) is 20.1. The minimum Gasteiger partial charge on any atom is -0.311 e. The van der Waals surface area contributed by atoms with Gasteiger partial charge in [0, 0.05) is 5.41 Å². The van der Waals surface area contributed by atoms with E-state index < -0.39 is 22.2 Å². The summed E-state index contributed by atoms with van der Waals surface area (Å²) in [5.41, 5.74) is 3.61. The van der Waals surface area contributed by atoms with Gasteiger partial charge >= 0.3 is 5.91 Å². The Labute approximate surface area is 130 Å². The van der Waals surface area contributed by atoms with Gasteiger partial charge in [-0.15, -0.1) is 0 Å². The Kier molecular flexibility index (Phi) is 3.08. The topological polar surface area (TPSA) is 106 Å². The van der Waals surface area contributed by atoms with Crippen molar-refractivity contribution in [3.8, 4) is 12.1 Å². The van der Waals surface area contributed by atoms with E-state index in [2.05, 4.69) is 31.0 Å². The molecule has 1 saturated heterocycles. The lowest BCUT2D eigenvalue weighted by molar-refractivity contribution is -0.680. The van der Waals surface area contributed by atoms with Gasteiger partial charge in [-0.25, -0.2) is 4.99 Å². The number of nitrogens with two attached hydrogens (primary N) is 1. The summed E-state index contributed by atoms with van der Waals surface area (Å²) in [7, 11) is 0. The van der Waals surface area contributed by atoms with Crippen molar-refractivity contribution < 1.29 is 14.5 Å². The van der Waals surface area contributed by atoms with Crippen LogP contribution in [-0.2, 0) is 9.47 Å². The zero-order valence-corrected chi connectivity index (χ0v) is 13.4. The number of nitrogens with zero attached hydrogens (tertiary/aromatic N) is 2. The van der Waals surface area contributed by atoms with Crippen LogP contribution in [0.5, 0.6) is 0 Å². The van der Waals surface area contributed by atoms with Crippen LogP contribution in [0, 0.1) is 38.9 Å². The minimum absolute atomic E-state index is 0.137. The highest BCUT2D eigenvalue weighted by atomic mass is 16.8. The summed E-state index contributed by atoms with van der Waals surface area (Å²) >= 11 is 0. The lowest BCUT2D eigenvalue weighted by atomic mass is 9.82. The fourth-order valence-corrected chi connectivity index (χ4v) is 5.17. The van der Waals surface area contributed by atoms with E-state index in [0.29, 0.717) is 12.4 Å². The van der Waals surface area contributed by atoms with E-state index in [4.69, 9.17) is 15.2 Å². The van der Waals surface area contributed by atoms with Crippen molar-refractivity contribution in [2.75, 3.05) is 6.61 Å². The van der Waals surface area contributed by atoms with Crippen LogP contribution >= 0.6 is 0 Å². The van der Waals surface area contributed by atoms with Crippen molar-refractivity contribution in [3.63, 3.8) is 0 Å². The molecule has 6 nitrogen and oxygen atoms in total. The second kappa shape index (κ2) is 4.44. The molecule has 3 N–H and O–H groups in total. The molecular formula is C16H23N4O2+. The number of ether oxygens (including phenoxy) is 2. The van der Waals surface area contributed by atoms with Crippen molar-refractivity contribution in [1.82, 2.24) is 0 Å². The molecule has 0 radical (unpaired) electrons. The molecule has 22 heavy (non-hydrogen) atoms. The van der Waals surface area contributed by atoms with Crippen LogP contribution in [0.1, 0.15) is 46.5 Å². The lowest BCUT2D eigenvalue weighted by Gasteiger charge is -2.29. The summed E-state index contributed by atoms with van der Waals surface area (Å²) < 4.78 is 11.9. The van der Waals surface area contributed by atoms with Gasteiger partial charge in [-0.3, -0.25) is 5.73 Å². The van der Waals surface area contributed by atoms with E-state index in [1.54, 1.807) is 0 Å². The van der Waals surface area contributed by atoms with E-state index in [0.717, 1.165) is 25.7 Å². The van der Waals surface area contributed by atoms with Crippen LogP contribution in [0.3, 0.4) is 0 Å². The van der Waals surface area contributed by atoms with Gasteiger partial charge in [-0.05, 0) is 19.8 Å². The van der Waals surface area contributed by atoms with Crippen LogP contribution in [0.4, 0.5) is 0 Å². The first-order valence-corrected chi connectivity index (χ1v) is 8.03. The van der Waals surface area contributed by atoms with Crippen LogP contribution in [0.15, 0.2) is 0 Å². The number of hydrogen-bond acceptors (Lipinski definition) is 5. The fourth-order valence-electron chi connectivity index (χ4n) is 5.17. The van der Waals surface area contributed by atoms with Crippen molar-refractivity contribution in [2.24, 2.45) is 22.0 Å². The third-order valence-electron chi connectivity index (χ3n) is 5.71. The maximum absolute atomic E-state index is 10.1. The van der Waals surface area contributed by atoms with Crippen LogP contribution in [-0.4, -0.2) is 24.5 Å². The summed E-state index contributed by atoms with van der Waals surface area (Å²) in [6.07, 6.45) is 3.14. The van der Waals surface area contributed by atoms with Gasteiger partial charge < -0.3 is 9.47 Å². The molecule has 0 aromatic carbocycles. The molecule has 2 heterocycles. The highest BCUT2D eigenvalue weighted by Crippen LogP contribution is 2.85. The SMILES string of the molecule is CCCC1(CCC)[C@@]2(C#N)[C@@]3([NH+]=C(N)[C@@]12C#N)OC[C@H](C)O3. The molecule has 1 spiro atoms. The summed E-state index contributed by atoms with van der Waals surface area (Å²) in [4.78, 5) is 3.02. The highest BCUT2D eigenvalue weighted by molar-refractivity contribution is 5.95. The molecule has 6 heteroatoms. The Morgan fingerprint density at radius 1 is 1.27 bits per heavy atom. The average molecular weight is 303 g/mol. The van der Waals surface area contributed by atoms with Crippen molar-refractivity contribution in [3.05, 3.63) is 0 Å². The zero-order chi connectivity index (χ0) is 16.2. The smallest absolute Gasteiger partial charge is 0.311 e. The molecule has 4 atom stereocenters. The van der Waals surface area contributed by atoms with Crippen molar-refractivity contribution >= 4 is 5.84 Å². The molecule has 1 aliphatic carbocycles. The molecule has 3 aliphatic rings. The van der Waals surface area contributed by atoms with E-state index in [-0.39, 0.29) is 6.10 Å². The third-order valence-corrected chi connectivity index (χ3v) is 5.71. The predicted octanol–water partition coefficient (Wildman–Crippen LogP) is 0.147. The largest absolute Gasteiger partial charge is 0.343 e. The Hall–Kier alpha value is -1.63. The summed E-state index contributed by atoms with van der Waals surface area (Å²) in [6, 6.07) is 4.79. The quantitative estimate of drug-likeness (QED) is 0.769. The number of nitriles is 2. The molecule has 2 fully saturated rings. The highest BCUT2D eigenvalue weighted by Gasteiger charge is 3.03. The molecule has 0 aromatic heterocycles. The molecule has 0 amide bonds. The number of fused-ring (bicyclic) bond motifs is 2. The summed E-state index contributed by atoms with van der Waals surface area (Å²) in [6.45, 7) is 6.42. The van der Waals surface area contributed by atoms with E-state index >= 15 is 0 Å². The maximum atomic E-state index is 10.1. The van der Waals surface area contributed by atoms with Gasteiger partial charge in [0.2, 0.25) is 0 Å². The number of amidine groups is 1. The second-order valence-corrected chi connectivity index (χ2v) is 6.70. The van der Waals surface area contributed by atoms with Crippen molar-refractivity contribution in [1.29, 1.82) is 10.5 Å². The Morgan fingerprint density at radius 3 is 2.32 bits per heavy atom. The third kappa shape index (κ3) is 1.19. The van der Waals surface area contributed by atoms with Crippen molar-refractivity contribution in [2.45, 2.75) is 58.5 Å². The van der Waals surface area contributed by atoms with Gasteiger partial charge in [0.1, 0.15) is 0 Å². The molecule has 3 rings (SSSR count). The lowest BCUT2D eigenvalue weighted by Crippen LogP contribution is -2.90. The number of nitrogens with one attached hydrogen (secondary N) is 1. The maximum Gasteiger partial charge on any atom is 0.343 e. The minimum atomic E-state index is -1.29. The second-order valence-electron chi connectivity index (χ2n) is 6.70. The first-order valence-electron chi connectivity index (χ1n) is 8.03. The molecule has 118 valence electrons. The monoisotopic (exact) mass is 303 g/mol. The van der Waals surface area contributed by atoms with Gasteiger partial charge in [-0.2, -0.15) is 10.5 Å². The van der Waals surface area contributed by atoms with Gasteiger partial charge in [-0.1, -0.05) is 26.7 Å². The molecule has 1 saturated carbocycles. The fraction of sp³-hybridized carbons (Fsp3) is 0.812. The first-order chi connectivity index (χ1) is 10.5. The normalized spacial score (nSPS) is 44.2. The van der Waals surface area contributed by atoms with Crippen LogP contribution < -0.4 is 10.7 Å². The van der Waals surface area contributed by atoms with E-state index in [1.807, 2.05) is 6.92 Å². The molecule has 0 unspecified atom stereocenters. The summed E-state index contributed by atoms with van der Waals surface area (Å²) in [5.74, 6) is -0.960. The average Bonchev–Trinajstić information content (AvgIpc) is 2.67. The van der Waals surface area contributed by atoms with Crippen LogP contribution in [0.2, 0.25) is 0 Å². The van der Waals surface area contributed by atoms with Crippen LogP contribution in [0.25, 0.3) is 0 Å². The predicted molar refractivity (Wildman–Crippen MR) is 77.7 cm³/mol. The number of rotatable bonds is 4. The molecule has 0 bridgehead atoms. The molecular weight excluding hydrogens is 280 g/mol. The van der Waals surface area contributed by atoms with Gasteiger partial charge in [0.25, 0.3) is 5.84 Å². The molecule has 2 aliphatic heterocycles. The Morgan fingerprint density at radius 2 is 1.91 bits per heavy atom. The van der Waals surface area contributed by atoms with E-state index in [9.17, 15) is 10.5 Å². The van der Waals surface area contributed by atoms with Gasteiger partial charge in [0.05, 0.1) is 24.8 Å². The standard InChI is InChI=1S/C16H22N4O2/c1-4-6-13(7-5-2)14(9-17)12(19)20-16(15(13,14)10-18)21-8-11(3)22-16/h11H,4-8H2,1-3H3,(H2,19,20)/p+1/t11-,14-,15+,16+/m0/s1. The number of hydrogen-bond donors (Lipinski definition) is 2. The Bertz CT molecular complexity index is 613.